The fourth-order valence-corrected chi connectivity index (χ4v) is 3.97. The molecular weight excluding hydrogens is 416 g/mol. The Hall–Kier alpha value is -3.37. The molecule has 0 atom stereocenters. The molecule has 174 valence electrons. The quantitative estimate of drug-likeness (QED) is 0.558. The van der Waals surface area contributed by atoms with Crippen LogP contribution in [0.1, 0.15) is 24.8 Å². The van der Waals surface area contributed by atoms with Crippen molar-refractivity contribution in [1.82, 2.24) is 9.80 Å². The molecule has 0 aromatic heterocycles. The van der Waals surface area contributed by atoms with E-state index in [1.807, 2.05) is 47.4 Å². The zero-order chi connectivity index (χ0) is 23.5. The Morgan fingerprint density at radius 3 is 2.33 bits per heavy atom. The van der Waals surface area contributed by atoms with Gasteiger partial charge in [-0.05, 0) is 36.2 Å². The molecule has 1 saturated heterocycles. The highest BCUT2D eigenvalue weighted by Crippen LogP contribution is 2.17. The average Bonchev–Trinajstić information content (AvgIpc) is 2.87. The molecule has 3 rings (SSSR count). The highest BCUT2D eigenvalue weighted by atomic mass is 16.5. The van der Waals surface area contributed by atoms with E-state index < -0.39 is 0 Å². The van der Waals surface area contributed by atoms with Crippen LogP contribution in [-0.4, -0.2) is 68.0 Å². The maximum atomic E-state index is 12.8. The predicted octanol–water partition coefficient (Wildman–Crippen LogP) is 3.11. The van der Waals surface area contributed by atoms with Crippen molar-refractivity contribution < 1.29 is 14.3 Å². The molecule has 0 unspecified atom stereocenters. The monoisotopic (exact) mass is 448 g/mol. The second-order valence-electron chi connectivity index (χ2n) is 8.11. The van der Waals surface area contributed by atoms with Crippen molar-refractivity contribution in [1.29, 1.82) is 5.26 Å². The van der Waals surface area contributed by atoms with Gasteiger partial charge in [0.2, 0.25) is 11.8 Å². The Labute approximate surface area is 196 Å². The van der Waals surface area contributed by atoms with Crippen molar-refractivity contribution in [2.24, 2.45) is 0 Å². The van der Waals surface area contributed by atoms with E-state index in [4.69, 9.17) is 10.00 Å². The molecule has 1 aliphatic rings. The summed E-state index contributed by atoms with van der Waals surface area (Å²) in [6.07, 6.45) is 1.56. The lowest BCUT2D eigenvalue weighted by atomic mass is 10.1. The topological polar surface area (TPSA) is 76.9 Å². The Morgan fingerprint density at radius 2 is 1.70 bits per heavy atom. The molecule has 2 aromatic carbocycles. The van der Waals surface area contributed by atoms with E-state index in [9.17, 15) is 9.59 Å². The molecule has 0 spiro atoms. The normalized spacial score (nSPS) is 13.9. The van der Waals surface area contributed by atoms with Crippen LogP contribution in [0.2, 0.25) is 0 Å². The van der Waals surface area contributed by atoms with E-state index in [-0.39, 0.29) is 31.1 Å². The molecule has 1 fully saturated rings. The smallest absolute Gasteiger partial charge is 0.227 e. The minimum Gasteiger partial charge on any atom is -0.497 e. The molecule has 0 aliphatic carbocycles. The minimum atomic E-state index is -0.122. The molecular formula is C26H32N4O3. The Balaban J connectivity index is 1.41. The minimum absolute atomic E-state index is 0.0199. The number of carbonyl (C=O) groups is 2. The van der Waals surface area contributed by atoms with Crippen molar-refractivity contribution >= 4 is 17.5 Å². The highest BCUT2D eigenvalue weighted by molar-refractivity contribution is 5.95. The van der Waals surface area contributed by atoms with Gasteiger partial charge in [-0.15, -0.1) is 0 Å². The summed E-state index contributed by atoms with van der Waals surface area (Å²) in [6, 6.07) is 19.5. The van der Waals surface area contributed by atoms with Gasteiger partial charge < -0.3 is 14.5 Å². The van der Waals surface area contributed by atoms with E-state index in [0.717, 1.165) is 37.5 Å². The Morgan fingerprint density at radius 1 is 1.00 bits per heavy atom. The van der Waals surface area contributed by atoms with Crippen LogP contribution in [-0.2, 0) is 16.0 Å². The third-order valence-electron chi connectivity index (χ3n) is 5.97. The molecule has 0 bridgehead atoms. The molecule has 33 heavy (non-hydrogen) atoms. The molecule has 0 N–H and O–H groups in total. The lowest BCUT2D eigenvalue weighted by Crippen LogP contribution is -2.49. The third kappa shape index (κ3) is 7.33. The maximum absolute atomic E-state index is 12.8. The Kier molecular flexibility index (Phi) is 9.28. The number of piperazine rings is 1. The number of methoxy groups -OCH3 is 1. The molecule has 2 amide bonds. The van der Waals surface area contributed by atoms with Gasteiger partial charge in [0.25, 0.3) is 0 Å². The van der Waals surface area contributed by atoms with Crippen molar-refractivity contribution in [3.05, 3.63) is 60.2 Å². The molecule has 0 radical (unpaired) electrons. The fraction of sp³-hybridized carbons (Fsp3) is 0.423. The van der Waals surface area contributed by atoms with E-state index in [1.54, 1.807) is 12.0 Å². The first-order valence-electron chi connectivity index (χ1n) is 11.5. The Bertz CT molecular complexity index is 932. The lowest BCUT2D eigenvalue weighted by Gasteiger charge is -2.35. The van der Waals surface area contributed by atoms with Gasteiger partial charge in [0.15, 0.2) is 0 Å². The number of hydrogen-bond acceptors (Lipinski definition) is 5. The second kappa shape index (κ2) is 12.6. The van der Waals surface area contributed by atoms with Crippen LogP contribution in [0.15, 0.2) is 54.6 Å². The first-order valence-corrected chi connectivity index (χ1v) is 11.5. The standard InChI is InChI=1S/C26H32N4O3/c1-33-24-10-8-22(9-11-24)14-17-28-18-20-29(21-19-28)25(31)12-13-26(32)30(16-5-15-27)23-6-3-2-4-7-23/h2-4,6-11H,5,12-14,16-21H2,1H3. The summed E-state index contributed by atoms with van der Waals surface area (Å²) in [5.41, 5.74) is 2.03. The van der Waals surface area contributed by atoms with E-state index >= 15 is 0 Å². The summed E-state index contributed by atoms with van der Waals surface area (Å²) in [4.78, 5) is 31.3. The van der Waals surface area contributed by atoms with Crippen LogP contribution in [0.3, 0.4) is 0 Å². The summed E-state index contributed by atoms with van der Waals surface area (Å²) in [6.45, 7) is 4.35. The van der Waals surface area contributed by atoms with Crippen molar-refractivity contribution in [2.45, 2.75) is 25.7 Å². The van der Waals surface area contributed by atoms with Crippen LogP contribution < -0.4 is 9.64 Å². The first kappa shape index (κ1) is 24.3. The number of amides is 2. The van der Waals surface area contributed by atoms with Gasteiger partial charge in [-0.3, -0.25) is 14.5 Å². The third-order valence-corrected chi connectivity index (χ3v) is 5.97. The molecule has 2 aromatic rings. The van der Waals surface area contributed by atoms with Crippen molar-refractivity contribution in [3.8, 4) is 11.8 Å². The van der Waals surface area contributed by atoms with Crippen molar-refractivity contribution in [2.75, 3.05) is 51.3 Å². The number of para-hydroxylation sites is 1. The number of hydrogen-bond donors (Lipinski definition) is 0. The zero-order valence-corrected chi connectivity index (χ0v) is 19.3. The molecule has 7 nitrogen and oxygen atoms in total. The van der Waals surface area contributed by atoms with Crippen LogP contribution >= 0.6 is 0 Å². The molecule has 0 saturated carbocycles. The van der Waals surface area contributed by atoms with Gasteiger partial charge >= 0.3 is 0 Å². The average molecular weight is 449 g/mol. The molecule has 7 heteroatoms. The van der Waals surface area contributed by atoms with Gasteiger partial charge in [0, 0.05) is 57.8 Å². The number of benzene rings is 2. The van der Waals surface area contributed by atoms with E-state index in [2.05, 4.69) is 23.1 Å². The van der Waals surface area contributed by atoms with E-state index in [1.165, 1.54) is 5.56 Å². The number of carbonyl (C=O) groups excluding carboxylic acids is 2. The van der Waals surface area contributed by atoms with E-state index in [0.29, 0.717) is 19.6 Å². The number of nitrogens with zero attached hydrogens (tertiary/aromatic N) is 4. The second-order valence-corrected chi connectivity index (χ2v) is 8.11. The van der Waals surface area contributed by atoms with Crippen LogP contribution in [0.5, 0.6) is 5.75 Å². The summed E-state index contributed by atoms with van der Waals surface area (Å²) < 4.78 is 5.20. The molecule has 1 aliphatic heterocycles. The number of ether oxygens (including phenoxy) is 1. The summed E-state index contributed by atoms with van der Waals surface area (Å²) in [5.74, 6) is 0.760. The van der Waals surface area contributed by atoms with Crippen molar-refractivity contribution in [3.63, 3.8) is 0 Å². The first-order chi connectivity index (χ1) is 16.1. The largest absolute Gasteiger partial charge is 0.497 e. The maximum Gasteiger partial charge on any atom is 0.227 e. The fourth-order valence-electron chi connectivity index (χ4n) is 3.97. The van der Waals surface area contributed by atoms with Gasteiger partial charge in [0.1, 0.15) is 5.75 Å². The summed E-state index contributed by atoms with van der Waals surface area (Å²) in [7, 11) is 1.67. The van der Waals surface area contributed by atoms with Gasteiger partial charge in [-0.2, -0.15) is 5.26 Å². The van der Waals surface area contributed by atoms with Crippen LogP contribution in [0.4, 0.5) is 5.69 Å². The highest BCUT2D eigenvalue weighted by Gasteiger charge is 2.23. The number of anilines is 1. The number of nitriles is 1. The number of rotatable bonds is 10. The van der Waals surface area contributed by atoms with Crippen LogP contribution in [0, 0.1) is 11.3 Å². The molecule has 1 heterocycles. The predicted molar refractivity (Wildman–Crippen MR) is 128 cm³/mol. The summed E-state index contributed by atoms with van der Waals surface area (Å²) >= 11 is 0. The zero-order valence-electron chi connectivity index (χ0n) is 19.3. The SMILES string of the molecule is COc1ccc(CCN2CCN(C(=O)CCC(=O)N(CCC#N)c3ccccc3)CC2)cc1. The van der Waals surface area contributed by atoms with Gasteiger partial charge in [-0.25, -0.2) is 0 Å². The van der Waals surface area contributed by atoms with Gasteiger partial charge in [-0.1, -0.05) is 30.3 Å². The summed E-state index contributed by atoms with van der Waals surface area (Å²) in [5, 5.41) is 8.92. The van der Waals surface area contributed by atoms with Crippen LogP contribution in [0.25, 0.3) is 0 Å². The lowest BCUT2D eigenvalue weighted by molar-refractivity contribution is -0.134. The van der Waals surface area contributed by atoms with Gasteiger partial charge in [0.05, 0.1) is 19.6 Å².